The third-order valence-electron chi connectivity index (χ3n) is 10.9. The first kappa shape index (κ1) is 58.9. The van der Waals surface area contributed by atoms with Crippen LogP contribution in [0.3, 0.4) is 0 Å². The zero-order chi connectivity index (χ0) is 45.1. The van der Waals surface area contributed by atoms with Crippen molar-refractivity contribution in [2.45, 2.75) is 252 Å². The van der Waals surface area contributed by atoms with Crippen LogP contribution >= 0.6 is 0 Å². The van der Waals surface area contributed by atoms with E-state index in [1.807, 2.05) is 0 Å². The molecule has 0 aromatic rings. The zero-order valence-corrected chi connectivity index (χ0v) is 40.6. The molecular formula is C56H96O6. The lowest BCUT2D eigenvalue weighted by Crippen LogP contribution is -2.30. The highest BCUT2D eigenvalue weighted by Gasteiger charge is 2.19. The van der Waals surface area contributed by atoms with Crippen LogP contribution in [0.2, 0.25) is 0 Å². The molecule has 1 atom stereocenters. The predicted octanol–water partition coefficient (Wildman–Crippen LogP) is 17.0. The molecule has 0 saturated heterocycles. The maximum atomic E-state index is 12.8. The first-order chi connectivity index (χ1) is 30.5. The fraction of sp³-hybridized carbons (Fsp3) is 0.732. The van der Waals surface area contributed by atoms with Gasteiger partial charge in [-0.15, -0.1) is 0 Å². The predicted molar refractivity (Wildman–Crippen MR) is 265 cm³/mol. The summed E-state index contributed by atoms with van der Waals surface area (Å²) in [5, 5.41) is 0. The molecule has 0 aliphatic heterocycles. The van der Waals surface area contributed by atoms with Crippen molar-refractivity contribution in [2.24, 2.45) is 0 Å². The summed E-state index contributed by atoms with van der Waals surface area (Å²) in [7, 11) is 0. The van der Waals surface area contributed by atoms with Gasteiger partial charge in [-0.1, -0.05) is 190 Å². The van der Waals surface area contributed by atoms with Gasteiger partial charge in [0.15, 0.2) is 6.10 Å². The fourth-order valence-corrected chi connectivity index (χ4v) is 6.93. The summed E-state index contributed by atoms with van der Waals surface area (Å²) in [5.74, 6) is -0.933. The van der Waals surface area contributed by atoms with Gasteiger partial charge < -0.3 is 14.2 Å². The first-order valence-corrected chi connectivity index (χ1v) is 25.9. The number of carbonyl (C=O) groups is 3. The van der Waals surface area contributed by atoms with Crippen LogP contribution in [-0.2, 0) is 28.6 Å². The lowest BCUT2D eigenvalue weighted by atomic mass is 10.1. The average molecular weight is 865 g/mol. The van der Waals surface area contributed by atoms with Crippen LogP contribution in [-0.4, -0.2) is 37.2 Å². The molecule has 0 aliphatic carbocycles. The SMILES string of the molecule is CCCC/C=C/C/C=C/CCCCCCCC(=O)OC[C@H](COC(=O)CCCCCCC/C=C/C/C=C/CCCCC)OC(=O)CCCCCCC/C=C/C/C=C/CCCCC. The maximum Gasteiger partial charge on any atom is 0.306 e. The molecular weight excluding hydrogens is 769 g/mol. The van der Waals surface area contributed by atoms with Crippen LogP contribution in [0.15, 0.2) is 72.9 Å². The number of hydrogen-bond donors (Lipinski definition) is 0. The van der Waals surface area contributed by atoms with Crippen molar-refractivity contribution < 1.29 is 28.6 Å². The summed E-state index contributed by atoms with van der Waals surface area (Å²) in [5.41, 5.74) is 0. The largest absolute Gasteiger partial charge is 0.462 e. The van der Waals surface area contributed by atoms with Crippen molar-refractivity contribution in [2.75, 3.05) is 13.2 Å². The number of rotatable bonds is 46. The number of ether oxygens (including phenoxy) is 3. The summed E-state index contributed by atoms with van der Waals surface area (Å²) in [6, 6.07) is 0. The van der Waals surface area contributed by atoms with Crippen molar-refractivity contribution in [1.82, 2.24) is 0 Å². The molecule has 0 radical (unpaired) electrons. The Morgan fingerprint density at radius 3 is 0.935 bits per heavy atom. The van der Waals surface area contributed by atoms with E-state index in [0.29, 0.717) is 19.3 Å². The smallest absolute Gasteiger partial charge is 0.306 e. The van der Waals surface area contributed by atoms with Crippen molar-refractivity contribution in [3.63, 3.8) is 0 Å². The van der Waals surface area contributed by atoms with E-state index < -0.39 is 6.10 Å². The molecule has 0 unspecified atom stereocenters. The molecule has 0 bridgehead atoms. The number of unbranched alkanes of at least 4 members (excludes halogenated alkanes) is 23. The van der Waals surface area contributed by atoms with Gasteiger partial charge in [-0.2, -0.15) is 0 Å². The van der Waals surface area contributed by atoms with Crippen LogP contribution in [0.25, 0.3) is 0 Å². The van der Waals surface area contributed by atoms with Crippen LogP contribution in [0, 0.1) is 0 Å². The third-order valence-corrected chi connectivity index (χ3v) is 10.9. The van der Waals surface area contributed by atoms with Crippen LogP contribution < -0.4 is 0 Å². The molecule has 0 spiro atoms. The number of allylic oxidation sites excluding steroid dienone is 12. The Bertz CT molecular complexity index is 1180. The highest BCUT2D eigenvalue weighted by molar-refractivity contribution is 5.71. The van der Waals surface area contributed by atoms with E-state index >= 15 is 0 Å². The second-order valence-corrected chi connectivity index (χ2v) is 17.1. The molecule has 62 heavy (non-hydrogen) atoms. The molecule has 0 amide bonds. The molecule has 0 aromatic heterocycles. The standard InChI is InChI=1S/C56H96O6/c1-4-7-10-13-16-19-22-25-28-31-34-37-40-43-46-49-55(58)61-52-53(51-60-54(57)48-45-42-39-36-33-30-27-24-21-18-15-12-9-6-3)62-56(59)50-47-44-41-38-35-32-29-26-23-20-17-14-11-8-5-2/h15-20,24-29,53H,4-14,21-23,30-52H2,1-3H3/b18-15+,19-16+,20-17+,27-24+,28-25+,29-26+/t53-/m1/s1. The fourth-order valence-electron chi connectivity index (χ4n) is 6.93. The molecule has 0 heterocycles. The Morgan fingerprint density at radius 1 is 0.323 bits per heavy atom. The molecule has 0 aliphatic rings. The molecule has 356 valence electrons. The molecule has 0 saturated carbocycles. The lowest BCUT2D eigenvalue weighted by Gasteiger charge is -2.18. The van der Waals surface area contributed by atoms with E-state index in [-0.39, 0.29) is 31.1 Å². The topological polar surface area (TPSA) is 78.9 Å². The molecule has 0 fully saturated rings. The Morgan fingerprint density at radius 2 is 0.597 bits per heavy atom. The summed E-state index contributed by atoms with van der Waals surface area (Å²) < 4.78 is 16.8. The average Bonchev–Trinajstić information content (AvgIpc) is 3.27. The van der Waals surface area contributed by atoms with Gasteiger partial charge in [-0.25, -0.2) is 0 Å². The highest BCUT2D eigenvalue weighted by Crippen LogP contribution is 2.13. The van der Waals surface area contributed by atoms with Crippen molar-refractivity contribution in [1.29, 1.82) is 0 Å². The molecule has 0 N–H and O–H groups in total. The minimum atomic E-state index is -0.794. The monoisotopic (exact) mass is 865 g/mol. The Hall–Kier alpha value is -3.15. The molecule has 0 rings (SSSR count). The van der Waals surface area contributed by atoms with Crippen LogP contribution in [0.1, 0.15) is 245 Å². The summed E-state index contributed by atoms with van der Waals surface area (Å²) in [4.78, 5) is 38.0. The van der Waals surface area contributed by atoms with Gasteiger partial charge in [0.25, 0.3) is 0 Å². The number of esters is 3. The Kier molecular flexibility index (Phi) is 47.9. The van der Waals surface area contributed by atoms with E-state index in [2.05, 4.69) is 93.7 Å². The van der Waals surface area contributed by atoms with Gasteiger partial charge in [0.2, 0.25) is 0 Å². The summed E-state index contributed by atoms with van der Waals surface area (Å²) in [6.45, 7) is 6.51. The lowest BCUT2D eigenvalue weighted by molar-refractivity contribution is -0.167. The summed E-state index contributed by atoms with van der Waals surface area (Å²) >= 11 is 0. The van der Waals surface area contributed by atoms with E-state index in [0.717, 1.165) is 135 Å². The van der Waals surface area contributed by atoms with E-state index in [9.17, 15) is 14.4 Å². The van der Waals surface area contributed by atoms with E-state index in [1.165, 1.54) is 70.6 Å². The zero-order valence-electron chi connectivity index (χ0n) is 40.6. The minimum Gasteiger partial charge on any atom is -0.462 e. The van der Waals surface area contributed by atoms with Gasteiger partial charge in [0.05, 0.1) is 0 Å². The molecule has 6 heteroatoms. The molecule has 0 aromatic carbocycles. The minimum absolute atomic E-state index is 0.0934. The Balaban J connectivity index is 4.46. The van der Waals surface area contributed by atoms with Gasteiger partial charge >= 0.3 is 17.9 Å². The Labute approximate surface area is 382 Å². The van der Waals surface area contributed by atoms with Gasteiger partial charge in [-0.3, -0.25) is 14.4 Å². The van der Waals surface area contributed by atoms with Crippen LogP contribution in [0.5, 0.6) is 0 Å². The normalized spacial score (nSPS) is 12.6. The van der Waals surface area contributed by atoms with Gasteiger partial charge in [0.1, 0.15) is 13.2 Å². The summed E-state index contributed by atoms with van der Waals surface area (Å²) in [6.07, 6.45) is 63.0. The second kappa shape index (κ2) is 50.5. The van der Waals surface area contributed by atoms with Crippen molar-refractivity contribution in [3.05, 3.63) is 72.9 Å². The third kappa shape index (κ3) is 47.9. The van der Waals surface area contributed by atoms with Crippen molar-refractivity contribution >= 4 is 17.9 Å². The quantitative estimate of drug-likeness (QED) is 0.0262. The highest BCUT2D eigenvalue weighted by atomic mass is 16.6. The maximum absolute atomic E-state index is 12.8. The van der Waals surface area contributed by atoms with Gasteiger partial charge in [0, 0.05) is 19.3 Å². The number of carbonyl (C=O) groups excluding carboxylic acids is 3. The van der Waals surface area contributed by atoms with E-state index in [4.69, 9.17) is 14.2 Å². The molecule has 6 nitrogen and oxygen atoms in total. The first-order valence-electron chi connectivity index (χ1n) is 25.9. The van der Waals surface area contributed by atoms with Gasteiger partial charge in [-0.05, 0) is 109 Å². The second-order valence-electron chi connectivity index (χ2n) is 17.1. The van der Waals surface area contributed by atoms with Crippen LogP contribution in [0.4, 0.5) is 0 Å². The van der Waals surface area contributed by atoms with Crippen molar-refractivity contribution in [3.8, 4) is 0 Å². The van der Waals surface area contributed by atoms with E-state index in [1.54, 1.807) is 0 Å². The number of hydrogen-bond acceptors (Lipinski definition) is 6.